The number of hydrogen-bond acceptors (Lipinski definition) is 2. The third-order valence-corrected chi connectivity index (χ3v) is 2.54. The van der Waals surface area contributed by atoms with Crippen LogP contribution in [0.4, 0.5) is 0 Å². The Morgan fingerprint density at radius 2 is 2.31 bits per heavy atom. The van der Waals surface area contributed by atoms with E-state index in [9.17, 15) is 4.79 Å². The molecule has 86 valence electrons. The van der Waals surface area contributed by atoms with Gasteiger partial charge in [-0.2, -0.15) is 0 Å². The zero-order chi connectivity index (χ0) is 12.1. The van der Waals surface area contributed by atoms with Crippen molar-refractivity contribution in [3.8, 4) is 5.75 Å². The first-order chi connectivity index (χ1) is 7.54. The van der Waals surface area contributed by atoms with Crippen molar-refractivity contribution in [1.29, 1.82) is 0 Å². The summed E-state index contributed by atoms with van der Waals surface area (Å²) in [5.41, 5.74) is 0.628. The number of carbonyl (C=O) groups is 1. The minimum Gasteiger partial charge on any atom is -0.492 e. The van der Waals surface area contributed by atoms with Gasteiger partial charge in [0, 0.05) is 16.7 Å². The summed E-state index contributed by atoms with van der Waals surface area (Å²) < 4.78 is 6.11. The normalized spacial score (nSPS) is 10.7. The van der Waals surface area contributed by atoms with Crippen LogP contribution in [-0.4, -0.2) is 17.7 Å². The van der Waals surface area contributed by atoms with Gasteiger partial charge in [-0.15, -0.1) is 0 Å². The van der Waals surface area contributed by atoms with Crippen molar-refractivity contribution in [3.63, 3.8) is 0 Å². The lowest BCUT2D eigenvalue weighted by atomic mass is 10.2. The summed E-state index contributed by atoms with van der Waals surface area (Å²) in [5.74, 6) is -0.428. The molecule has 0 unspecified atom stereocenters. The van der Waals surface area contributed by atoms with E-state index in [1.165, 1.54) is 6.08 Å². The second-order valence-electron chi connectivity index (χ2n) is 2.91. The Morgan fingerprint density at radius 1 is 1.62 bits per heavy atom. The molecule has 0 saturated carbocycles. The van der Waals surface area contributed by atoms with E-state index < -0.39 is 5.97 Å². The Balaban J connectivity index is 3.18. The largest absolute Gasteiger partial charge is 0.492 e. The molecule has 0 spiro atoms. The minimum absolute atomic E-state index is 0.494. The SMILES string of the molecule is CCOc1c(Br)cc(Cl)cc1C=CC(=O)O. The second kappa shape index (κ2) is 5.92. The van der Waals surface area contributed by atoms with E-state index in [4.69, 9.17) is 21.4 Å². The number of carboxylic acids is 1. The van der Waals surface area contributed by atoms with E-state index in [0.717, 1.165) is 6.08 Å². The van der Waals surface area contributed by atoms with Gasteiger partial charge in [0.05, 0.1) is 11.1 Å². The van der Waals surface area contributed by atoms with E-state index in [-0.39, 0.29) is 0 Å². The Bertz CT molecular complexity index is 429. The maximum atomic E-state index is 10.4. The monoisotopic (exact) mass is 304 g/mol. The lowest BCUT2D eigenvalue weighted by Crippen LogP contribution is -1.95. The fraction of sp³-hybridized carbons (Fsp3) is 0.182. The summed E-state index contributed by atoms with van der Waals surface area (Å²) in [4.78, 5) is 10.4. The van der Waals surface area contributed by atoms with Gasteiger partial charge in [0.15, 0.2) is 0 Å². The van der Waals surface area contributed by atoms with Crippen molar-refractivity contribution in [3.05, 3.63) is 33.3 Å². The molecular weight excluding hydrogens is 295 g/mol. The third-order valence-electron chi connectivity index (χ3n) is 1.73. The van der Waals surface area contributed by atoms with Crippen molar-refractivity contribution < 1.29 is 14.6 Å². The highest BCUT2D eigenvalue weighted by molar-refractivity contribution is 9.10. The van der Waals surface area contributed by atoms with Crippen molar-refractivity contribution in [2.75, 3.05) is 6.61 Å². The molecule has 0 radical (unpaired) electrons. The first kappa shape index (κ1) is 13.1. The van der Waals surface area contributed by atoms with E-state index in [1.807, 2.05) is 6.92 Å². The van der Waals surface area contributed by atoms with E-state index in [2.05, 4.69) is 15.9 Å². The molecule has 0 amide bonds. The van der Waals surface area contributed by atoms with Gasteiger partial charge in [0.25, 0.3) is 0 Å². The number of carboxylic acid groups (broad SMARTS) is 1. The van der Waals surface area contributed by atoms with Gasteiger partial charge in [-0.25, -0.2) is 4.79 Å². The lowest BCUT2D eigenvalue weighted by molar-refractivity contribution is -0.131. The Kier molecular flexibility index (Phi) is 4.83. The van der Waals surface area contributed by atoms with Gasteiger partial charge in [-0.3, -0.25) is 0 Å². The molecule has 0 bridgehead atoms. The first-order valence-corrected chi connectivity index (χ1v) is 5.74. The van der Waals surface area contributed by atoms with Crippen LogP contribution in [0.1, 0.15) is 12.5 Å². The molecule has 0 saturated heterocycles. The average molecular weight is 306 g/mol. The van der Waals surface area contributed by atoms with Crippen LogP contribution in [0.25, 0.3) is 6.08 Å². The zero-order valence-corrected chi connectivity index (χ0v) is 10.9. The quantitative estimate of drug-likeness (QED) is 0.865. The molecule has 1 aromatic carbocycles. The lowest BCUT2D eigenvalue weighted by Gasteiger charge is -2.09. The van der Waals surface area contributed by atoms with Gasteiger partial charge in [0.2, 0.25) is 0 Å². The number of halogens is 2. The van der Waals surface area contributed by atoms with Gasteiger partial charge >= 0.3 is 5.97 Å². The Labute approximate surface area is 107 Å². The van der Waals surface area contributed by atoms with Gasteiger partial charge in [0.1, 0.15) is 5.75 Å². The Morgan fingerprint density at radius 3 is 2.88 bits per heavy atom. The summed E-state index contributed by atoms with van der Waals surface area (Å²) in [5, 5.41) is 9.08. The highest BCUT2D eigenvalue weighted by Gasteiger charge is 2.08. The molecule has 1 N–H and O–H groups in total. The molecule has 0 aromatic heterocycles. The molecule has 3 nitrogen and oxygen atoms in total. The van der Waals surface area contributed by atoms with E-state index in [0.29, 0.717) is 27.4 Å². The average Bonchev–Trinajstić information content (AvgIpc) is 2.19. The molecule has 0 fully saturated rings. The van der Waals surface area contributed by atoms with E-state index in [1.54, 1.807) is 12.1 Å². The Hall–Kier alpha value is -1.00. The third kappa shape index (κ3) is 3.54. The number of rotatable bonds is 4. The summed E-state index contributed by atoms with van der Waals surface area (Å²) in [6.07, 6.45) is 2.49. The van der Waals surface area contributed by atoms with Crippen molar-refractivity contribution in [2.45, 2.75) is 6.92 Å². The molecule has 0 aliphatic carbocycles. The van der Waals surface area contributed by atoms with Crippen LogP contribution < -0.4 is 4.74 Å². The maximum Gasteiger partial charge on any atom is 0.328 e. The first-order valence-electron chi connectivity index (χ1n) is 4.57. The molecule has 1 aromatic rings. The summed E-state index contributed by atoms with van der Waals surface area (Å²) in [7, 11) is 0. The number of hydrogen-bond donors (Lipinski definition) is 1. The van der Waals surface area contributed by atoms with Crippen LogP contribution in [0.15, 0.2) is 22.7 Å². The number of aliphatic carboxylic acids is 1. The van der Waals surface area contributed by atoms with Crippen LogP contribution in [0.5, 0.6) is 5.75 Å². The standard InChI is InChI=1S/C11H10BrClO3/c1-2-16-11-7(3-4-10(14)15)5-8(13)6-9(11)12/h3-6H,2H2,1H3,(H,14,15). The summed E-state index contributed by atoms with van der Waals surface area (Å²) >= 11 is 9.19. The highest BCUT2D eigenvalue weighted by Crippen LogP contribution is 2.33. The van der Waals surface area contributed by atoms with Crippen LogP contribution in [0.3, 0.4) is 0 Å². The summed E-state index contributed by atoms with van der Waals surface area (Å²) in [6.45, 7) is 2.35. The van der Waals surface area contributed by atoms with E-state index >= 15 is 0 Å². The predicted octanol–water partition coefficient (Wildman–Crippen LogP) is 3.60. The van der Waals surface area contributed by atoms with Crippen LogP contribution >= 0.6 is 27.5 Å². The fourth-order valence-corrected chi connectivity index (χ4v) is 2.11. The molecule has 0 heterocycles. The van der Waals surface area contributed by atoms with Crippen LogP contribution in [-0.2, 0) is 4.79 Å². The molecule has 1 rings (SSSR count). The topological polar surface area (TPSA) is 46.5 Å². The molecule has 0 atom stereocenters. The van der Waals surface area contributed by atoms with Crippen LogP contribution in [0, 0.1) is 0 Å². The van der Waals surface area contributed by atoms with Crippen LogP contribution in [0.2, 0.25) is 5.02 Å². The van der Waals surface area contributed by atoms with Crippen molar-refractivity contribution in [2.24, 2.45) is 0 Å². The molecule has 0 aliphatic rings. The number of ether oxygens (including phenoxy) is 1. The number of benzene rings is 1. The fourth-order valence-electron chi connectivity index (χ4n) is 1.16. The van der Waals surface area contributed by atoms with Gasteiger partial charge in [-0.1, -0.05) is 11.6 Å². The molecular formula is C11H10BrClO3. The molecule has 5 heteroatoms. The van der Waals surface area contributed by atoms with Crippen molar-refractivity contribution in [1.82, 2.24) is 0 Å². The van der Waals surface area contributed by atoms with Gasteiger partial charge < -0.3 is 9.84 Å². The van der Waals surface area contributed by atoms with Crippen molar-refractivity contribution >= 4 is 39.6 Å². The van der Waals surface area contributed by atoms with Gasteiger partial charge in [-0.05, 0) is 41.1 Å². The second-order valence-corrected chi connectivity index (χ2v) is 4.20. The predicted molar refractivity (Wildman–Crippen MR) is 67.0 cm³/mol. The smallest absolute Gasteiger partial charge is 0.328 e. The molecule has 16 heavy (non-hydrogen) atoms. The summed E-state index contributed by atoms with van der Waals surface area (Å²) in [6, 6.07) is 3.35. The maximum absolute atomic E-state index is 10.4. The highest BCUT2D eigenvalue weighted by atomic mass is 79.9. The molecule has 0 aliphatic heterocycles. The minimum atomic E-state index is -1.02. The zero-order valence-electron chi connectivity index (χ0n) is 8.54.